The molecule has 0 saturated carbocycles. The Kier molecular flexibility index (Phi) is 6.51. The van der Waals surface area contributed by atoms with Gasteiger partial charge in [0.15, 0.2) is 0 Å². The summed E-state index contributed by atoms with van der Waals surface area (Å²) in [5.74, 6) is 0.324. The van der Waals surface area contributed by atoms with Gasteiger partial charge >= 0.3 is 0 Å². The second-order valence-corrected chi connectivity index (χ2v) is 8.15. The molecule has 0 fully saturated rings. The molecule has 0 spiro atoms. The van der Waals surface area contributed by atoms with Crippen LogP contribution in [0.5, 0.6) is 5.75 Å². The molecule has 160 valence electrons. The molecule has 3 aromatic carbocycles. The van der Waals surface area contributed by atoms with Crippen molar-refractivity contribution < 1.29 is 18.1 Å². The standard InChI is InChI=1S/C21H20N4O5S/c1-15-7-3-4-8-16(15)14-22-23-18-12-11-17(13-20(18)25(26)27)31(28,29)24-19-9-5-6-10-21(19)30-2/h3-14,23-24H,1-2H3. The van der Waals surface area contributed by atoms with E-state index < -0.39 is 20.6 Å². The summed E-state index contributed by atoms with van der Waals surface area (Å²) in [5, 5.41) is 15.6. The van der Waals surface area contributed by atoms with Gasteiger partial charge in [-0.3, -0.25) is 20.3 Å². The lowest BCUT2D eigenvalue weighted by molar-refractivity contribution is -0.384. The van der Waals surface area contributed by atoms with Crippen molar-refractivity contribution in [3.63, 3.8) is 0 Å². The van der Waals surface area contributed by atoms with Gasteiger partial charge in [0.2, 0.25) is 0 Å². The molecule has 0 aliphatic heterocycles. The number of nitro benzene ring substituents is 1. The fourth-order valence-electron chi connectivity index (χ4n) is 2.76. The van der Waals surface area contributed by atoms with Crippen LogP contribution in [-0.2, 0) is 10.0 Å². The summed E-state index contributed by atoms with van der Waals surface area (Å²) in [5.41, 5.74) is 4.30. The van der Waals surface area contributed by atoms with E-state index in [1.54, 1.807) is 18.2 Å². The number of aryl methyl sites for hydroxylation is 1. The molecule has 0 aliphatic carbocycles. The zero-order valence-corrected chi connectivity index (χ0v) is 17.6. The zero-order chi connectivity index (χ0) is 22.4. The van der Waals surface area contributed by atoms with Crippen molar-refractivity contribution in [1.29, 1.82) is 0 Å². The summed E-state index contributed by atoms with van der Waals surface area (Å²) in [7, 11) is -2.68. The molecule has 2 N–H and O–H groups in total. The van der Waals surface area contributed by atoms with E-state index in [0.29, 0.717) is 5.75 Å². The molecule has 0 saturated heterocycles. The Labute approximate surface area is 179 Å². The van der Waals surface area contributed by atoms with Gasteiger partial charge in [-0.05, 0) is 42.3 Å². The summed E-state index contributed by atoms with van der Waals surface area (Å²) < 4.78 is 33.0. The summed E-state index contributed by atoms with van der Waals surface area (Å²) >= 11 is 0. The summed E-state index contributed by atoms with van der Waals surface area (Å²) in [6, 6.07) is 17.5. The molecule has 0 unspecified atom stereocenters. The molecule has 0 amide bonds. The lowest BCUT2D eigenvalue weighted by Crippen LogP contribution is -2.14. The predicted molar refractivity (Wildman–Crippen MR) is 119 cm³/mol. The van der Waals surface area contributed by atoms with Crippen LogP contribution in [-0.4, -0.2) is 26.7 Å². The number of benzene rings is 3. The van der Waals surface area contributed by atoms with Crippen LogP contribution in [0.15, 0.2) is 76.7 Å². The average molecular weight is 440 g/mol. The van der Waals surface area contributed by atoms with Crippen LogP contribution >= 0.6 is 0 Å². The van der Waals surface area contributed by atoms with Crippen molar-refractivity contribution in [2.24, 2.45) is 5.10 Å². The summed E-state index contributed by atoms with van der Waals surface area (Å²) in [4.78, 5) is 10.6. The maximum absolute atomic E-state index is 12.8. The third-order valence-electron chi connectivity index (χ3n) is 4.40. The third kappa shape index (κ3) is 5.17. The lowest BCUT2D eigenvalue weighted by Gasteiger charge is -2.12. The number of nitrogens with zero attached hydrogens (tertiary/aromatic N) is 2. The number of hydrazone groups is 1. The number of rotatable bonds is 8. The average Bonchev–Trinajstić information content (AvgIpc) is 2.75. The Hall–Kier alpha value is -3.92. The van der Waals surface area contributed by atoms with Crippen LogP contribution in [0.25, 0.3) is 0 Å². The molecular formula is C21H20N4O5S. The number of nitro groups is 1. The van der Waals surface area contributed by atoms with Crippen LogP contribution in [0.4, 0.5) is 17.1 Å². The van der Waals surface area contributed by atoms with E-state index in [0.717, 1.165) is 17.2 Å². The minimum absolute atomic E-state index is 0.0612. The second kappa shape index (κ2) is 9.26. The van der Waals surface area contributed by atoms with E-state index in [-0.39, 0.29) is 16.3 Å². The Bertz CT molecular complexity index is 1240. The first-order valence-electron chi connectivity index (χ1n) is 9.11. The Morgan fingerprint density at radius 3 is 2.45 bits per heavy atom. The first-order valence-corrected chi connectivity index (χ1v) is 10.6. The maximum atomic E-state index is 12.8. The molecule has 0 heterocycles. The van der Waals surface area contributed by atoms with Gasteiger partial charge in [-0.25, -0.2) is 8.42 Å². The van der Waals surface area contributed by atoms with Crippen molar-refractivity contribution in [1.82, 2.24) is 0 Å². The highest BCUT2D eigenvalue weighted by molar-refractivity contribution is 7.92. The van der Waals surface area contributed by atoms with E-state index in [4.69, 9.17) is 4.74 Å². The van der Waals surface area contributed by atoms with Gasteiger partial charge in [-0.2, -0.15) is 5.10 Å². The molecule has 10 heteroatoms. The number of ether oxygens (including phenoxy) is 1. The zero-order valence-electron chi connectivity index (χ0n) is 16.8. The Morgan fingerprint density at radius 2 is 1.74 bits per heavy atom. The van der Waals surface area contributed by atoms with Gasteiger partial charge in [-0.15, -0.1) is 0 Å². The van der Waals surface area contributed by atoms with E-state index in [9.17, 15) is 18.5 Å². The normalized spacial score (nSPS) is 11.3. The van der Waals surface area contributed by atoms with Gasteiger partial charge in [0.1, 0.15) is 11.4 Å². The summed E-state index contributed by atoms with van der Waals surface area (Å²) in [6.07, 6.45) is 1.53. The van der Waals surface area contributed by atoms with Gasteiger partial charge in [0.25, 0.3) is 15.7 Å². The highest BCUT2D eigenvalue weighted by atomic mass is 32.2. The van der Waals surface area contributed by atoms with Gasteiger partial charge in [-0.1, -0.05) is 36.4 Å². The quantitative estimate of drug-likeness (QED) is 0.308. The number of methoxy groups -OCH3 is 1. The number of hydrogen-bond donors (Lipinski definition) is 2. The first kappa shape index (κ1) is 21.8. The summed E-state index contributed by atoms with van der Waals surface area (Å²) in [6.45, 7) is 1.91. The molecule has 0 radical (unpaired) electrons. The van der Waals surface area contributed by atoms with Gasteiger partial charge < -0.3 is 4.74 Å². The van der Waals surface area contributed by atoms with E-state index in [1.165, 1.54) is 31.5 Å². The number of para-hydroxylation sites is 2. The third-order valence-corrected chi connectivity index (χ3v) is 5.77. The molecule has 0 aromatic heterocycles. The minimum Gasteiger partial charge on any atom is -0.495 e. The Balaban J connectivity index is 1.87. The SMILES string of the molecule is COc1ccccc1NS(=O)(=O)c1ccc(NN=Cc2ccccc2C)c([N+](=O)[O-])c1. The van der Waals surface area contributed by atoms with Crippen molar-refractivity contribution in [3.8, 4) is 5.75 Å². The fraction of sp³-hybridized carbons (Fsp3) is 0.0952. The monoisotopic (exact) mass is 440 g/mol. The second-order valence-electron chi connectivity index (χ2n) is 6.47. The number of anilines is 2. The van der Waals surface area contributed by atoms with Crippen molar-refractivity contribution in [3.05, 3.63) is 88.0 Å². The number of sulfonamides is 1. The predicted octanol–water partition coefficient (Wildman–Crippen LogP) is 4.16. The van der Waals surface area contributed by atoms with Gasteiger partial charge in [0.05, 0.1) is 28.8 Å². The minimum atomic E-state index is -4.09. The fourth-order valence-corrected chi connectivity index (χ4v) is 3.85. The maximum Gasteiger partial charge on any atom is 0.295 e. The van der Waals surface area contributed by atoms with Crippen LogP contribution in [0.3, 0.4) is 0 Å². The van der Waals surface area contributed by atoms with E-state index >= 15 is 0 Å². The molecular weight excluding hydrogens is 420 g/mol. The topological polar surface area (TPSA) is 123 Å². The highest BCUT2D eigenvalue weighted by Crippen LogP contribution is 2.30. The largest absolute Gasteiger partial charge is 0.495 e. The van der Waals surface area contributed by atoms with Crippen LogP contribution in [0, 0.1) is 17.0 Å². The van der Waals surface area contributed by atoms with E-state index in [1.807, 2.05) is 31.2 Å². The molecule has 0 bridgehead atoms. The number of hydrogen-bond acceptors (Lipinski definition) is 7. The molecule has 31 heavy (non-hydrogen) atoms. The lowest BCUT2D eigenvalue weighted by atomic mass is 10.1. The van der Waals surface area contributed by atoms with Crippen LogP contribution < -0.4 is 14.9 Å². The molecule has 0 aliphatic rings. The van der Waals surface area contributed by atoms with Crippen molar-refractivity contribution in [2.45, 2.75) is 11.8 Å². The smallest absolute Gasteiger partial charge is 0.295 e. The molecule has 3 rings (SSSR count). The Morgan fingerprint density at radius 1 is 1.03 bits per heavy atom. The van der Waals surface area contributed by atoms with Gasteiger partial charge in [0, 0.05) is 6.07 Å². The van der Waals surface area contributed by atoms with E-state index in [2.05, 4.69) is 15.2 Å². The van der Waals surface area contributed by atoms with Crippen molar-refractivity contribution >= 4 is 33.3 Å². The highest BCUT2D eigenvalue weighted by Gasteiger charge is 2.22. The molecule has 9 nitrogen and oxygen atoms in total. The number of nitrogens with one attached hydrogen (secondary N) is 2. The van der Waals surface area contributed by atoms with Crippen LogP contribution in [0.2, 0.25) is 0 Å². The van der Waals surface area contributed by atoms with Crippen molar-refractivity contribution in [2.75, 3.05) is 17.3 Å². The van der Waals surface area contributed by atoms with Crippen LogP contribution in [0.1, 0.15) is 11.1 Å². The molecule has 0 atom stereocenters. The first-order chi connectivity index (χ1) is 14.8. The molecule has 3 aromatic rings.